The molecule has 0 atom stereocenters. The van der Waals surface area contributed by atoms with E-state index in [1.165, 1.54) is 100 Å². The summed E-state index contributed by atoms with van der Waals surface area (Å²) >= 11 is 0. The van der Waals surface area contributed by atoms with Crippen molar-refractivity contribution in [3.63, 3.8) is 0 Å². The van der Waals surface area contributed by atoms with Gasteiger partial charge in [-0.1, -0.05) is 200 Å². The van der Waals surface area contributed by atoms with Gasteiger partial charge in [0.15, 0.2) is 7.28 Å². The number of rotatable bonds is 10. The van der Waals surface area contributed by atoms with Crippen LogP contribution in [0.5, 0.6) is 0 Å². The molecular weight excluding hydrogens is 1080 g/mol. The molecule has 0 amide bonds. The number of benzene rings is 11. The first-order valence-corrected chi connectivity index (χ1v) is 32.2. The highest BCUT2D eigenvalue weighted by Gasteiger charge is 2.40. The maximum atomic E-state index is 6.83. The monoisotopic (exact) mass is 1160 g/mol. The smallest absolute Gasteiger partial charge is 0.198 e. The minimum Gasteiger partial charge on any atom is -0.456 e. The second-order valence-electron chi connectivity index (χ2n) is 28.4. The Morgan fingerprint density at radius 2 is 0.966 bits per heavy atom. The van der Waals surface area contributed by atoms with Gasteiger partial charge < -0.3 is 19.5 Å². The second kappa shape index (κ2) is 21.2. The van der Waals surface area contributed by atoms with E-state index in [9.17, 15) is 0 Å². The number of furan rings is 1. The average Bonchev–Trinajstić information content (AvgIpc) is 1.64. The first kappa shape index (κ1) is 56.2. The van der Waals surface area contributed by atoms with Crippen molar-refractivity contribution >= 4 is 85.6 Å². The fraction of sp³-hybridized carbons (Fsp3) is 0.214. The molecule has 89 heavy (non-hydrogen) atoms. The molecule has 0 fully saturated rings. The first-order valence-electron chi connectivity index (χ1n) is 32.2. The Labute approximate surface area is 527 Å². The predicted octanol–water partition coefficient (Wildman–Crippen LogP) is 22.0. The van der Waals surface area contributed by atoms with Gasteiger partial charge in [-0.2, -0.15) is 0 Å². The van der Waals surface area contributed by atoms with Crippen LogP contribution in [0, 0.1) is 13.8 Å². The normalized spacial score (nSPS) is 15.8. The number of aryl methyl sites for hydroxylation is 2. The molecule has 5 heteroatoms. The van der Waals surface area contributed by atoms with E-state index in [0.717, 1.165) is 81.6 Å². The molecule has 15 rings (SSSR count). The Balaban J connectivity index is 1.01. The van der Waals surface area contributed by atoms with E-state index < -0.39 is 0 Å². The van der Waals surface area contributed by atoms with Crippen LogP contribution in [0.4, 0.5) is 45.5 Å². The van der Waals surface area contributed by atoms with Crippen LogP contribution in [-0.2, 0) is 21.7 Å². The molecule has 11 aromatic carbocycles. The molecule has 2 aliphatic carbocycles. The Hall–Kier alpha value is -9.32. The quantitative estimate of drug-likeness (QED) is 0.138. The van der Waals surface area contributed by atoms with Crippen LogP contribution >= 0.6 is 0 Å². The SMILES string of the molecule is Cc1ccccc1-c1cc(-c2ccc3oc4ccccc4c3c2Nc2ccc3c(c2)C(C)(C)CCC3(C)C)c2c(c1)N(c1cc3c(cc1C)C(C)(C)CCC3(C)C)c1ccc(N(c3cccc(-c4ccccc4)c3)c3cccc(-c4ccccc4)c3)cc1B2. The van der Waals surface area contributed by atoms with Crippen molar-refractivity contribution in [3.8, 4) is 44.5 Å². The Morgan fingerprint density at radius 1 is 0.393 bits per heavy atom. The Bertz CT molecular complexity index is 4690. The van der Waals surface area contributed by atoms with Crippen molar-refractivity contribution in [2.24, 2.45) is 0 Å². The molecule has 1 aliphatic heterocycles. The van der Waals surface area contributed by atoms with Gasteiger partial charge in [0.25, 0.3) is 0 Å². The lowest BCUT2D eigenvalue weighted by Crippen LogP contribution is -2.42. The molecule has 0 saturated carbocycles. The largest absolute Gasteiger partial charge is 0.456 e. The van der Waals surface area contributed by atoms with Crippen molar-refractivity contribution < 1.29 is 4.42 Å². The molecule has 1 aromatic heterocycles. The van der Waals surface area contributed by atoms with Gasteiger partial charge >= 0.3 is 0 Å². The molecule has 1 N–H and O–H groups in total. The zero-order chi connectivity index (χ0) is 61.1. The standard InChI is InChI=1S/C84H78BN3O/c1-53-23-17-18-32-64(53)59-48-67(65-37-40-77-78(66-33-19-20-34-76(66)89-77)80(65)86-60-35-38-68-70(50-60)83(7,8)42-41-81(68,3)4)79-75(49-59)88(74-52-71-69(45-54(74)2)82(5,6)43-44-84(71,9)10)73-39-36-63(51-72(73)85-79)87(61-30-21-28-57(46-61)55-24-13-11-14-25-55)62-31-22-29-58(47-62)56-26-15-12-16-27-56/h11-40,45-52,85-86H,41-44H2,1-10H3. The molecule has 0 saturated heterocycles. The third-order valence-corrected chi connectivity index (χ3v) is 20.6. The summed E-state index contributed by atoms with van der Waals surface area (Å²) in [6.45, 7) is 24.1. The third kappa shape index (κ3) is 9.76. The van der Waals surface area contributed by atoms with Crippen LogP contribution in [0.3, 0.4) is 0 Å². The average molecular weight is 1160 g/mol. The number of hydrogen-bond acceptors (Lipinski definition) is 4. The fourth-order valence-corrected chi connectivity index (χ4v) is 15.3. The zero-order valence-corrected chi connectivity index (χ0v) is 53.3. The van der Waals surface area contributed by atoms with Gasteiger partial charge in [-0.15, -0.1) is 0 Å². The van der Waals surface area contributed by atoms with E-state index in [0.29, 0.717) is 7.28 Å². The maximum absolute atomic E-state index is 6.83. The van der Waals surface area contributed by atoms with Gasteiger partial charge in [0.1, 0.15) is 11.2 Å². The van der Waals surface area contributed by atoms with E-state index in [1.54, 1.807) is 0 Å². The topological polar surface area (TPSA) is 31.7 Å². The van der Waals surface area contributed by atoms with Gasteiger partial charge in [0, 0.05) is 50.8 Å². The van der Waals surface area contributed by atoms with Gasteiger partial charge in [0.2, 0.25) is 0 Å². The van der Waals surface area contributed by atoms with E-state index >= 15 is 0 Å². The lowest BCUT2D eigenvalue weighted by Gasteiger charge is -2.44. The van der Waals surface area contributed by atoms with Crippen molar-refractivity contribution in [1.29, 1.82) is 0 Å². The molecule has 438 valence electrons. The van der Waals surface area contributed by atoms with Crippen molar-refractivity contribution in [1.82, 2.24) is 0 Å². The first-order chi connectivity index (χ1) is 42.9. The molecule has 0 unspecified atom stereocenters. The number of anilines is 8. The number of hydrogen-bond donors (Lipinski definition) is 1. The van der Waals surface area contributed by atoms with Crippen LogP contribution in [-0.4, -0.2) is 7.28 Å². The molecule has 3 aliphatic rings. The molecule has 4 nitrogen and oxygen atoms in total. The number of para-hydroxylation sites is 1. The number of nitrogens with zero attached hydrogens (tertiary/aromatic N) is 2. The summed E-state index contributed by atoms with van der Waals surface area (Å²) < 4.78 is 6.83. The van der Waals surface area contributed by atoms with Crippen molar-refractivity contribution in [3.05, 3.63) is 264 Å². The third-order valence-electron chi connectivity index (χ3n) is 20.6. The van der Waals surface area contributed by atoms with E-state index in [4.69, 9.17) is 4.42 Å². The molecule has 0 radical (unpaired) electrons. The fourth-order valence-electron chi connectivity index (χ4n) is 15.3. The van der Waals surface area contributed by atoms with Crippen LogP contribution < -0.4 is 26.0 Å². The van der Waals surface area contributed by atoms with Gasteiger partial charge in [-0.25, -0.2) is 0 Å². The highest BCUT2D eigenvalue weighted by atomic mass is 16.3. The molecule has 0 spiro atoms. The van der Waals surface area contributed by atoms with Crippen LogP contribution in [0.15, 0.2) is 235 Å². The molecule has 0 bridgehead atoms. The summed E-state index contributed by atoms with van der Waals surface area (Å²) in [5.74, 6) is 0. The van der Waals surface area contributed by atoms with Crippen molar-refractivity contribution in [2.75, 3.05) is 15.1 Å². The lowest BCUT2D eigenvalue weighted by atomic mass is 9.57. The van der Waals surface area contributed by atoms with E-state index in [2.05, 4.69) is 315 Å². The van der Waals surface area contributed by atoms with Crippen LogP contribution in [0.2, 0.25) is 0 Å². The summed E-state index contributed by atoms with van der Waals surface area (Å²) in [6, 6.07) is 86.3. The van der Waals surface area contributed by atoms with E-state index in [1.807, 2.05) is 0 Å². The Morgan fingerprint density at radius 3 is 1.63 bits per heavy atom. The number of nitrogens with one attached hydrogen (secondary N) is 1. The summed E-state index contributed by atoms with van der Waals surface area (Å²) in [5.41, 5.74) is 31.1. The summed E-state index contributed by atoms with van der Waals surface area (Å²) in [5, 5.41) is 6.40. The minimum absolute atomic E-state index is 0.0131. The van der Waals surface area contributed by atoms with E-state index in [-0.39, 0.29) is 21.7 Å². The summed E-state index contributed by atoms with van der Waals surface area (Å²) in [7, 11) is 0.689. The summed E-state index contributed by atoms with van der Waals surface area (Å²) in [4.78, 5) is 5.12. The number of fused-ring (bicyclic) bond motifs is 7. The molecule has 12 aromatic rings. The molecular formula is C84H78BN3O. The highest BCUT2D eigenvalue weighted by molar-refractivity contribution is 6.73. The zero-order valence-electron chi connectivity index (χ0n) is 53.3. The van der Waals surface area contributed by atoms with Crippen LogP contribution in [0.1, 0.15) is 114 Å². The molecule has 2 heterocycles. The Kier molecular flexibility index (Phi) is 13.4. The van der Waals surface area contributed by atoms with Gasteiger partial charge in [0.05, 0.1) is 11.1 Å². The lowest BCUT2D eigenvalue weighted by molar-refractivity contribution is 0.332. The van der Waals surface area contributed by atoms with Gasteiger partial charge in [-0.3, -0.25) is 0 Å². The highest BCUT2D eigenvalue weighted by Crippen LogP contribution is 2.53. The minimum atomic E-state index is -0.0131. The predicted molar refractivity (Wildman–Crippen MR) is 381 cm³/mol. The van der Waals surface area contributed by atoms with Crippen molar-refractivity contribution in [2.45, 2.75) is 117 Å². The van der Waals surface area contributed by atoms with Gasteiger partial charge in [-0.05, 0) is 230 Å². The maximum Gasteiger partial charge on any atom is 0.198 e. The second-order valence-corrected chi connectivity index (χ2v) is 28.4. The summed E-state index contributed by atoms with van der Waals surface area (Å²) in [6.07, 6.45) is 4.58. The van der Waals surface area contributed by atoms with Crippen LogP contribution in [0.25, 0.3) is 66.4 Å².